The standard InChI is InChI=1S/C18H18FN3O3S/c1-12-5-3-4-6-15(12)18-21-17(25-22-18)9-10-20-26(23,24)16-8-7-14(19)11-13(16)2/h3-8,11,20H,9-10H2,1-2H3. The molecule has 2 aromatic carbocycles. The first kappa shape index (κ1) is 18.2. The molecule has 1 heterocycles. The van der Waals surface area contributed by atoms with Crippen LogP contribution >= 0.6 is 0 Å². The first-order valence-electron chi connectivity index (χ1n) is 8.01. The number of hydrogen-bond donors (Lipinski definition) is 1. The lowest BCUT2D eigenvalue weighted by molar-refractivity contribution is 0.379. The van der Waals surface area contributed by atoms with Crippen molar-refractivity contribution in [1.82, 2.24) is 14.9 Å². The predicted octanol–water partition coefficient (Wildman–Crippen LogP) is 3.01. The Morgan fingerprint density at radius 2 is 1.88 bits per heavy atom. The fourth-order valence-corrected chi connectivity index (χ4v) is 3.83. The van der Waals surface area contributed by atoms with Crippen molar-refractivity contribution < 1.29 is 17.3 Å². The van der Waals surface area contributed by atoms with Gasteiger partial charge >= 0.3 is 0 Å². The van der Waals surface area contributed by atoms with Crippen LogP contribution in [0.1, 0.15) is 17.0 Å². The van der Waals surface area contributed by atoms with E-state index < -0.39 is 15.8 Å². The number of benzene rings is 2. The van der Waals surface area contributed by atoms with E-state index in [2.05, 4.69) is 14.9 Å². The summed E-state index contributed by atoms with van der Waals surface area (Å²) in [7, 11) is -3.74. The van der Waals surface area contributed by atoms with Crippen molar-refractivity contribution >= 4 is 10.0 Å². The molecule has 3 aromatic rings. The van der Waals surface area contributed by atoms with Gasteiger partial charge in [-0.25, -0.2) is 17.5 Å². The Balaban J connectivity index is 1.66. The van der Waals surface area contributed by atoms with Crippen molar-refractivity contribution in [1.29, 1.82) is 0 Å². The molecule has 6 nitrogen and oxygen atoms in total. The van der Waals surface area contributed by atoms with E-state index in [1.54, 1.807) is 6.92 Å². The van der Waals surface area contributed by atoms with Crippen molar-refractivity contribution in [3.05, 3.63) is 65.3 Å². The van der Waals surface area contributed by atoms with E-state index >= 15 is 0 Å². The minimum atomic E-state index is -3.74. The number of rotatable bonds is 6. The summed E-state index contributed by atoms with van der Waals surface area (Å²) in [6, 6.07) is 11.2. The highest BCUT2D eigenvalue weighted by atomic mass is 32.2. The van der Waals surface area contributed by atoms with Gasteiger partial charge in [-0.3, -0.25) is 0 Å². The summed E-state index contributed by atoms with van der Waals surface area (Å²) in [5.41, 5.74) is 2.23. The summed E-state index contributed by atoms with van der Waals surface area (Å²) >= 11 is 0. The minimum Gasteiger partial charge on any atom is -0.339 e. The molecule has 0 unspecified atom stereocenters. The summed E-state index contributed by atoms with van der Waals surface area (Å²) in [4.78, 5) is 4.35. The highest BCUT2D eigenvalue weighted by molar-refractivity contribution is 7.89. The fourth-order valence-electron chi connectivity index (χ4n) is 2.57. The SMILES string of the molecule is Cc1ccccc1-c1noc(CCNS(=O)(=O)c2ccc(F)cc2C)n1. The van der Waals surface area contributed by atoms with Gasteiger partial charge < -0.3 is 4.52 Å². The molecule has 0 aliphatic rings. The van der Waals surface area contributed by atoms with E-state index in [9.17, 15) is 12.8 Å². The van der Waals surface area contributed by atoms with Crippen LogP contribution in [0.15, 0.2) is 51.9 Å². The maximum Gasteiger partial charge on any atom is 0.240 e. The van der Waals surface area contributed by atoms with Crippen LogP contribution in [-0.2, 0) is 16.4 Å². The summed E-state index contributed by atoms with van der Waals surface area (Å²) in [6.45, 7) is 3.59. The average molecular weight is 375 g/mol. The van der Waals surface area contributed by atoms with E-state index in [1.807, 2.05) is 31.2 Å². The molecular weight excluding hydrogens is 357 g/mol. The van der Waals surface area contributed by atoms with Crippen molar-refractivity contribution in [3.63, 3.8) is 0 Å². The Kier molecular flexibility index (Phi) is 5.15. The molecule has 136 valence electrons. The Hall–Kier alpha value is -2.58. The largest absolute Gasteiger partial charge is 0.339 e. The Labute approximate surface area is 151 Å². The lowest BCUT2D eigenvalue weighted by Gasteiger charge is -2.08. The molecule has 0 fully saturated rings. The van der Waals surface area contributed by atoms with Gasteiger partial charge in [-0.05, 0) is 43.2 Å². The van der Waals surface area contributed by atoms with E-state index in [-0.39, 0.29) is 17.9 Å². The van der Waals surface area contributed by atoms with Crippen LogP contribution < -0.4 is 4.72 Å². The third-order valence-electron chi connectivity index (χ3n) is 3.91. The smallest absolute Gasteiger partial charge is 0.240 e. The van der Waals surface area contributed by atoms with Crippen molar-refractivity contribution in [2.24, 2.45) is 0 Å². The zero-order valence-electron chi connectivity index (χ0n) is 14.4. The van der Waals surface area contributed by atoms with E-state index in [0.29, 0.717) is 17.3 Å². The van der Waals surface area contributed by atoms with Crippen LogP contribution in [0.5, 0.6) is 0 Å². The number of nitrogens with zero attached hydrogens (tertiary/aromatic N) is 2. The Morgan fingerprint density at radius 1 is 1.12 bits per heavy atom. The first-order chi connectivity index (χ1) is 12.4. The molecule has 1 N–H and O–H groups in total. The highest BCUT2D eigenvalue weighted by Crippen LogP contribution is 2.20. The van der Waals surface area contributed by atoms with E-state index in [0.717, 1.165) is 17.2 Å². The molecule has 3 rings (SSSR count). The summed E-state index contributed by atoms with van der Waals surface area (Å²) in [6.07, 6.45) is 0.248. The van der Waals surface area contributed by atoms with Crippen LogP contribution in [0, 0.1) is 19.7 Å². The number of halogens is 1. The number of aromatic nitrogens is 2. The Bertz CT molecular complexity index is 1030. The molecule has 8 heteroatoms. The van der Waals surface area contributed by atoms with Crippen molar-refractivity contribution in [2.75, 3.05) is 6.54 Å². The second kappa shape index (κ2) is 7.35. The first-order valence-corrected chi connectivity index (χ1v) is 9.49. The van der Waals surface area contributed by atoms with Gasteiger partial charge in [-0.2, -0.15) is 4.98 Å². The maximum atomic E-state index is 13.1. The number of sulfonamides is 1. The van der Waals surface area contributed by atoms with Gasteiger partial charge in [0.2, 0.25) is 21.7 Å². The topological polar surface area (TPSA) is 85.1 Å². The van der Waals surface area contributed by atoms with Gasteiger partial charge in [0.1, 0.15) is 5.82 Å². The van der Waals surface area contributed by atoms with Crippen molar-refractivity contribution in [2.45, 2.75) is 25.2 Å². The normalized spacial score (nSPS) is 11.7. The monoisotopic (exact) mass is 375 g/mol. The van der Waals surface area contributed by atoms with Crippen LogP contribution in [-0.4, -0.2) is 25.1 Å². The molecule has 1 aromatic heterocycles. The molecule has 0 amide bonds. The molecule has 0 aliphatic carbocycles. The molecule has 26 heavy (non-hydrogen) atoms. The second-order valence-corrected chi connectivity index (χ2v) is 7.62. The van der Waals surface area contributed by atoms with Gasteiger partial charge in [-0.1, -0.05) is 29.4 Å². The zero-order chi connectivity index (χ0) is 18.7. The summed E-state index contributed by atoms with van der Waals surface area (Å²) < 4.78 is 45.4. The molecule has 0 aliphatic heterocycles. The van der Waals surface area contributed by atoms with Gasteiger partial charge in [0.25, 0.3) is 0 Å². The molecular formula is C18H18FN3O3S. The van der Waals surface area contributed by atoms with Crippen molar-refractivity contribution in [3.8, 4) is 11.4 Å². The molecule has 0 radical (unpaired) electrons. The van der Waals surface area contributed by atoms with Crippen LogP contribution in [0.3, 0.4) is 0 Å². The predicted molar refractivity (Wildman–Crippen MR) is 94.5 cm³/mol. The fraction of sp³-hybridized carbons (Fsp3) is 0.222. The number of aryl methyl sites for hydroxylation is 2. The molecule has 0 saturated heterocycles. The van der Waals surface area contributed by atoms with Crippen LogP contribution in [0.25, 0.3) is 11.4 Å². The minimum absolute atomic E-state index is 0.0463. The second-order valence-electron chi connectivity index (χ2n) is 5.88. The number of nitrogens with one attached hydrogen (secondary N) is 1. The van der Waals surface area contributed by atoms with Crippen LogP contribution in [0.4, 0.5) is 4.39 Å². The van der Waals surface area contributed by atoms with Crippen LogP contribution in [0.2, 0.25) is 0 Å². The Morgan fingerprint density at radius 3 is 2.62 bits per heavy atom. The third-order valence-corrected chi connectivity index (χ3v) is 5.53. The summed E-state index contributed by atoms with van der Waals surface area (Å²) in [5, 5.41) is 3.94. The number of hydrogen-bond acceptors (Lipinski definition) is 5. The molecule has 0 saturated carbocycles. The third kappa shape index (κ3) is 3.97. The maximum absolute atomic E-state index is 13.1. The van der Waals surface area contributed by atoms with Gasteiger partial charge in [0.05, 0.1) is 4.90 Å². The van der Waals surface area contributed by atoms with Gasteiger partial charge in [-0.15, -0.1) is 0 Å². The molecule has 0 atom stereocenters. The summed E-state index contributed by atoms with van der Waals surface area (Å²) in [5.74, 6) is 0.327. The molecule has 0 spiro atoms. The van der Waals surface area contributed by atoms with E-state index in [4.69, 9.17) is 4.52 Å². The lowest BCUT2D eigenvalue weighted by atomic mass is 10.1. The highest BCUT2D eigenvalue weighted by Gasteiger charge is 2.17. The quantitative estimate of drug-likeness (QED) is 0.716. The van der Waals surface area contributed by atoms with Gasteiger partial charge in [0, 0.05) is 18.5 Å². The van der Waals surface area contributed by atoms with E-state index in [1.165, 1.54) is 12.1 Å². The van der Waals surface area contributed by atoms with Gasteiger partial charge in [0.15, 0.2) is 0 Å². The zero-order valence-corrected chi connectivity index (χ0v) is 15.2. The molecule has 0 bridgehead atoms. The average Bonchev–Trinajstić information content (AvgIpc) is 3.03. The lowest BCUT2D eigenvalue weighted by Crippen LogP contribution is -2.26.